The Morgan fingerprint density at radius 1 is 1.42 bits per heavy atom. The van der Waals surface area contributed by atoms with Crippen molar-refractivity contribution in [3.63, 3.8) is 0 Å². The third-order valence-corrected chi connectivity index (χ3v) is 3.97. The van der Waals surface area contributed by atoms with E-state index >= 15 is 0 Å². The van der Waals surface area contributed by atoms with Gasteiger partial charge >= 0.3 is 0 Å². The van der Waals surface area contributed by atoms with Gasteiger partial charge in [-0.3, -0.25) is 4.79 Å². The molecule has 0 aromatic heterocycles. The summed E-state index contributed by atoms with van der Waals surface area (Å²) in [5.74, 6) is 0.273. The van der Waals surface area contributed by atoms with Crippen molar-refractivity contribution in [2.24, 2.45) is 11.1 Å². The van der Waals surface area contributed by atoms with E-state index in [1.54, 1.807) is 0 Å². The molecular formula is C15H30N2O2. The summed E-state index contributed by atoms with van der Waals surface area (Å²) >= 11 is 0. The first-order valence-corrected chi connectivity index (χ1v) is 7.58. The number of piperidine rings is 1. The van der Waals surface area contributed by atoms with Crippen molar-refractivity contribution in [2.45, 2.75) is 59.0 Å². The van der Waals surface area contributed by atoms with Gasteiger partial charge in [-0.1, -0.05) is 13.8 Å². The molecule has 2 N–H and O–H groups in total. The lowest BCUT2D eigenvalue weighted by molar-refractivity contribution is -0.135. The minimum absolute atomic E-state index is 0.166. The number of likely N-dealkylation sites (tertiary alicyclic amines) is 1. The lowest BCUT2D eigenvalue weighted by Gasteiger charge is -2.33. The molecule has 1 fully saturated rings. The van der Waals surface area contributed by atoms with Crippen LogP contribution in [-0.4, -0.2) is 43.2 Å². The van der Waals surface area contributed by atoms with Gasteiger partial charge in [0.2, 0.25) is 5.91 Å². The van der Waals surface area contributed by atoms with E-state index in [2.05, 4.69) is 13.8 Å². The smallest absolute Gasteiger partial charge is 0.222 e. The van der Waals surface area contributed by atoms with Crippen LogP contribution in [0.1, 0.15) is 52.9 Å². The Morgan fingerprint density at radius 3 is 2.79 bits per heavy atom. The highest BCUT2D eigenvalue weighted by Crippen LogP contribution is 2.26. The number of nitrogens with zero attached hydrogens (tertiary/aromatic N) is 1. The maximum Gasteiger partial charge on any atom is 0.222 e. The molecule has 0 aromatic rings. The highest BCUT2D eigenvalue weighted by Gasteiger charge is 2.25. The summed E-state index contributed by atoms with van der Waals surface area (Å²) in [4.78, 5) is 14.2. The monoisotopic (exact) mass is 270 g/mol. The lowest BCUT2D eigenvalue weighted by atomic mass is 9.84. The predicted octanol–water partition coefficient (Wildman–Crippen LogP) is 2.17. The van der Waals surface area contributed by atoms with E-state index in [-0.39, 0.29) is 17.4 Å². The second-order valence-electron chi connectivity index (χ2n) is 6.26. The van der Waals surface area contributed by atoms with Crippen molar-refractivity contribution in [2.75, 3.05) is 26.2 Å². The molecular weight excluding hydrogens is 240 g/mol. The Labute approximate surface area is 117 Å². The summed E-state index contributed by atoms with van der Waals surface area (Å²) in [6.45, 7) is 9.46. The molecule has 1 aliphatic heterocycles. The SMILES string of the molecule is CCOC1CCCN(C(=O)CCC(C)(C)CCN)C1. The number of hydrogen-bond donors (Lipinski definition) is 1. The Hall–Kier alpha value is -0.610. The summed E-state index contributed by atoms with van der Waals surface area (Å²) in [5, 5.41) is 0. The van der Waals surface area contributed by atoms with Gasteiger partial charge in [0.25, 0.3) is 0 Å². The minimum atomic E-state index is 0.166. The van der Waals surface area contributed by atoms with Gasteiger partial charge in [-0.05, 0) is 44.6 Å². The second-order valence-corrected chi connectivity index (χ2v) is 6.26. The average molecular weight is 270 g/mol. The molecule has 0 bridgehead atoms. The Morgan fingerprint density at radius 2 is 2.16 bits per heavy atom. The van der Waals surface area contributed by atoms with Gasteiger partial charge in [0.1, 0.15) is 0 Å². The Balaban J connectivity index is 2.36. The van der Waals surface area contributed by atoms with Crippen LogP contribution in [0.2, 0.25) is 0 Å². The average Bonchev–Trinajstić information content (AvgIpc) is 2.37. The topological polar surface area (TPSA) is 55.6 Å². The zero-order valence-electron chi connectivity index (χ0n) is 12.8. The van der Waals surface area contributed by atoms with Gasteiger partial charge < -0.3 is 15.4 Å². The molecule has 0 aliphatic carbocycles. The van der Waals surface area contributed by atoms with E-state index in [4.69, 9.17) is 10.5 Å². The fourth-order valence-electron chi connectivity index (χ4n) is 2.66. The van der Waals surface area contributed by atoms with Crippen LogP contribution < -0.4 is 5.73 Å². The number of hydrogen-bond acceptors (Lipinski definition) is 3. The summed E-state index contributed by atoms with van der Waals surface area (Å²) < 4.78 is 5.64. The van der Waals surface area contributed by atoms with Gasteiger partial charge in [-0.15, -0.1) is 0 Å². The maximum atomic E-state index is 12.2. The second kappa shape index (κ2) is 7.85. The maximum absolute atomic E-state index is 12.2. The molecule has 0 spiro atoms. The number of nitrogens with two attached hydrogens (primary N) is 1. The molecule has 0 aromatic carbocycles. The van der Waals surface area contributed by atoms with Gasteiger partial charge in [0.05, 0.1) is 6.10 Å². The van der Waals surface area contributed by atoms with Crippen molar-refractivity contribution in [1.29, 1.82) is 0 Å². The first kappa shape index (κ1) is 16.4. The minimum Gasteiger partial charge on any atom is -0.377 e. The molecule has 1 saturated heterocycles. The molecule has 4 heteroatoms. The predicted molar refractivity (Wildman–Crippen MR) is 77.9 cm³/mol. The van der Waals surface area contributed by atoms with Crippen molar-refractivity contribution in [3.8, 4) is 0 Å². The summed E-state index contributed by atoms with van der Waals surface area (Å²) in [6.07, 6.45) is 4.89. The Kier molecular flexibility index (Phi) is 6.80. The van der Waals surface area contributed by atoms with E-state index in [9.17, 15) is 4.79 Å². The highest BCUT2D eigenvalue weighted by atomic mass is 16.5. The third kappa shape index (κ3) is 5.91. The molecule has 1 atom stereocenters. The fourth-order valence-corrected chi connectivity index (χ4v) is 2.66. The van der Waals surface area contributed by atoms with Crippen molar-refractivity contribution >= 4 is 5.91 Å². The molecule has 19 heavy (non-hydrogen) atoms. The first-order valence-electron chi connectivity index (χ1n) is 7.58. The molecule has 1 rings (SSSR count). The Bertz CT molecular complexity index is 277. The van der Waals surface area contributed by atoms with E-state index in [1.807, 2.05) is 11.8 Å². The molecule has 4 nitrogen and oxygen atoms in total. The van der Waals surface area contributed by atoms with Gasteiger partial charge in [0, 0.05) is 26.1 Å². The van der Waals surface area contributed by atoms with E-state index in [0.29, 0.717) is 13.0 Å². The van der Waals surface area contributed by atoms with Crippen LogP contribution in [0.4, 0.5) is 0 Å². The van der Waals surface area contributed by atoms with Crippen LogP contribution in [0.25, 0.3) is 0 Å². The normalized spacial score (nSPS) is 20.6. The quantitative estimate of drug-likeness (QED) is 0.771. The van der Waals surface area contributed by atoms with Crippen LogP contribution in [0.15, 0.2) is 0 Å². The van der Waals surface area contributed by atoms with Crippen LogP contribution in [0, 0.1) is 5.41 Å². The largest absolute Gasteiger partial charge is 0.377 e. The van der Waals surface area contributed by atoms with Crippen molar-refractivity contribution in [1.82, 2.24) is 4.90 Å². The molecule has 1 aliphatic rings. The lowest BCUT2D eigenvalue weighted by Crippen LogP contribution is -2.43. The third-order valence-electron chi connectivity index (χ3n) is 3.97. The molecule has 0 saturated carbocycles. The molecule has 0 radical (unpaired) electrons. The van der Waals surface area contributed by atoms with Crippen LogP contribution in [0.5, 0.6) is 0 Å². The van der Waals surface area contributed by atoms with Gasteiger partial charge in [0.15, 0.2) is 0 Å². The highest BCUT2D eigenvalue weighted by molar-refractivity contribution is 5.76. The number of amides is 1. The fraction of sp³-hybridized carbons (Fsp3) is 0.933. The molecule has 112 valence electrons. The van der Waals surface area contributed by atoms with E-state index < -0.39 is 0 Å². The first-order chi connectivity index (χ1) is 8.98. The number of carbonyl (C=O) groups excluding carboxylic acids is 1. The van der Waals surface area contributed by atoms with Crippen LogP contribution >= 0.6 is 0 Å². The molecule has 1 unspecified atom stereocenters. The van der Waals surface area contributed by atoms with Gasteiger partial charge in [-0.25, -0.2) is 0 Å². The number of ether oxygens (including phenoxy) is 1. The van der Waals surface area contributed by atoms with Crippen molar-refractivity contribution in [3.05, 3.63) is 0 Å². The zero-order chi connectivity index (χ0) is 14.3. The van der Waals surface area contributed by atoms with Crippen LogP contribution in [0.3, 0.4) is 0 Å². The number of carbonyl (C=O) groups is 1. The summed E-state index contributed by atoms with van der Waals surface area (Å²) in [5.41, 5.74) is 5.77. The van der Waals surface area contributed by atoms with E-state index in [0.717, 1.165) is 45.4 Å². The summed E-state index contributed by atoms with van der Waals surface area (Å²) in [6, 6.07) is 0. The number of rotatable bonds is 7. The van der Waals surface area contributed by atoms with Crippen molar-refractivity contribution < 1.29 is 9.53 Å². The standard InChI is InChI=1S/C15H30N2O2/c1-4-19-13-6-5-11-17(12-13)14(18)7-8-15(2,3)9-10-16/h13H,4-12,16H2,1-3H3. The molecule has 1 amide bonds. The zero-order valence-corrected chi connectivity index (χ0v) is 12.8. The summed E-state index contributed by atoms with van der Waals surface area (Å²) in [7, 11) is 0. The molecule has 1 heterocycles. The van der Waals surface area contributed by atoms with E-state index in [1.165, 1.54) is 0 Å². The van der Waals surface area contributed by atoms with Crippen LogP contribution in [-0.2, 0) is 9.53 Å². The van der Waals surface area contributed by atoms with Gasteiger partial charge in [-0.2, -0.15) is 0 Å².